The second-order valence-corrected chi connectivity index (χ2v) is 3.27. The fourth-order valence-corrected chi connectivity index (χ4v) is 1.31. The Labute approximate surface area is 82.9 Å². The third-order valence-corrected chi connectivity index (χ3v) is 2.30. The van der Waals surface area contributed by atoms with Crippen LogP contribution in [0.15, 0.2) is 12.1 Å². The first-order valence-electron chi connectivity index (χ1n) is 4.27. The van der Waals surface area contributed by atoms with E-state index in [9.17, 15) is 9.90 Å². The van der Waals surface area contributed by atoms with Crippen molar-refractivity contribution < 1.29 is 9.90 Å². The monoisotopic (exact) mass is 194 g/mol. The van der Waals surface area contributed by atoms with Gasteiger partial charge in [-0.15, -0.1) is 0 Å². The average Bonchev–Trinajstić information content (AvgIpc) is 2.13. The minimum absolute atomic E-state index is 0.204. The van der Waals surface area contributed by atoms with Gasteiger partial charge in [0.05, 0.1) is 5.69 Å². The summed E-state index contributed by atoms with van der Waals surface area (Å²) in [6.45, 7) is 3.55. The number of aromatic hydroxyl groups is 1. The van der Waals surface area contributed by atoms with Gasteiger partial charge in [0.15, 0.2) is 0 Å². The van der Waals surface area contributed by atoms with Crippen LogP contribution in [-0.4, -0.2) is 18.2 Å². The van der Waals surface area contributed by atoms with Gasteiger partial charge in [-0.25, -0.2) is 4.79 Å². The number of hydrogen-bond donors (Lipinski definition) is 2. The van der Waals surface area contributed by atoms with Gasteiger partial charge in [0.25, 0.3) is 0 Å². The number of carbonyl (C=O) groups excluding carboxylic acids is 1. The van der Waals surface area contributed by atoms with Crippen LogP contribution in [0.25, 0.3) is 0 Å². The van der Waals surface area contributed by atoms with Gasteiger partial charge in [0.1, 0.15) is 5.75 Å². The second-order valence-electron chi connectivity index (χ2n) is 3.27. The summed E-state index contributed by atoms with van der Waals surface area (Å²) in [4.78, 5) is 12.2. The molecule has 3 N–H and O–H groups in total. The molecule has 0 spiro atoms. The lowest BCUT2D eigenvalue weighted by Crippen LogP contribution is -2.32. The maximum Gasteiger partial charge on any atom is 0.319 e. The van der Waals surface area contributed by atoms with E-state index in [1.165, 1.54) is 4.90 Å². The lowest BCUT2D eigenvalue weighted by Gasteiger charge is -2.18. The van der Waals surface area contributed by atoms with Crippen LogP contribution in [0.4, 0.5) is 10.5 Å². The van der Waals surface area contributed by atoms with E-state index < -0.39 is 6.03 Å². The molecular weight excluding hydrogens is 180 g/mol. The summed E-state index contributed by atoms with van der Waals surface area (Å²) in [7, 11) is 1.57. The Morgan fingerprint density at radius 2 is 2.00 bits per heavy atom. The van der Waals surface area contributed by atoms with Crippen molar-refractivity contribution in [3.05, 3.63) is 23.3 Å². The van der Waals surface area contributed by atoms with Crippen LogP contribution in [0.3, 0.4) is 0 Å². The maximum absolute atomic E-state index is 10.9. The van der Waals surface area contributed by atoms with E-state index in [0.717, 1.165) is 5.56 Å². The molecule has 0 aliphatic carbocycles. The van der Waals surface area contributed by atoms with Gasteiger partial charge < -0.3 is 10.8 Å². The Morgan fingerprint density at radius 1 is 1.43 bits per heavy atom. The number of phenolic OH excluding ortho intramolecular Hbond substituents is 1. The van der Waals surface area contributed by atoms with Gasteiger partial charge in [-0.3, -0.25) is 4.90 Å². The summed E-state index contributed by atoms with van der Waals surface area (Å²) in [5.74, 6) is 0.204. The Morgan fingerprint density at radius 3 is 2.50 bits per heavy atom. The van der Waals surface area contributed by atoms with Crippen LogP contribution >= 0.6 is 0 Å². The highest BCUT2D eigenvalue weighted by atomic mass is 16.3. The molecule has 0 radical (unpaired) electrons. The summed E-state index contributed by atoms with van der Waals surface area (Å²) in [5, 5.41) is 9.64. The van der Waals surface area contributed by atoms with Crippen molar-refractivity contribution in [3.8, 4) is 5.75 Å². The zero-order chi connectivity index (χ0) is 10.9. The average molecular weight is 194 g/mol. The Kier molecular flexibility index (Phi) is 2.65. The molecule has 0 unspecified atom stereocenters. The lowest BCUT2D eigenvalue weighted by molar-refractivity contribution is 0.255. The molecule has 1 aromatic carbocycles. The van der Waals surface area contributed by atoms with E-state index in [0.29, 0.717) is 11.3 Å². The van der Waals surface area contributed by atoms with E-state index >= 15 is 0 Å². The van der Waals surface area contributed by atoms with Crippen molar-refractivity contribution in [1.29, 1.82) is 0 Å². The predicted octanol–water partition coefficient (Wildman–Crippen LogP) is 1.52. The molecule has 0 aliphatic heterocycles. The van der Waals surface area contributed by atoms with Gasteiger partial charge in [-0.2, -0.15) is 0 Å². The van der Waals surface area contributed by atoms with Crippen LogP contribution in [0, 0.1) is 13.8 Å². The van der Waals surface area contributed by atoms with Crippen molar-refractivity contribution in [2.24, 2.45) is 5.73 Å². The van der Waals surface area contributed by atoms with Crippen molar-refractivity contribution in [3.63, 3.8) is 0 Å². The lowest BCUT2D eigenvalue weighted by atomic mass is 10.1. The number of nitrogens with zero attached hydrogens (tertiary/aromatic N) is 1. The molecule has 0 saturated heterocycles. The molecule has 0 aliphatic rings. The van der Waals surface area contributed by atoms with Crippen molar-refractivity contribution in [2.75, 3.05) is 11.9 Å². The normalized spacial score (nSPS) is 9.93. The smallest absolute Gasteiger partial charge is 0.319 e. The summed E-state index contributed by atoms with van der Waals surface area (Å²) < 4.78 is 0. The minimum Gasteiger partial charge on any atom is -0.507 e. The van der Waals surface area contributed by atoms with E-state index in [4.69, 9.17) is 5.73 Å². The van der Waals surface area contributed by atoms with Gasteiger partial charge in [-0.05, 0) is 25.5 Å². The molecule has 0 atom stereocenters. The standard InChI is InChI=1S/C10H14N2O2/c1-6-4-5-8(7(2)9(6)13)12(3)10(11)14/h4-5,13H,1-3H3,(H2,11,14). The fraction of sp³-hybridized carbons (Fsp3) is 0.300. The van der Waals surface area contributed by atoms with Crippen molar-refractivity contribution in [2.45, 2.75) is 13.8 Å². The Bertz CT molecular complexity index is 375. The highest BCUT2D eigenvalue weighted by Gasteiger charge is 2.12. The highest BCUT2D eigenvalue weighted by molar-refractivity contribution is 5.91. The molecule has 0 aromatic heterocycles. The van der Waals surface area contributed by atoms with E-state index in [2.05, 4.69) is 0 Å². The molecule has 1 aromatic rings. The second kappa shape index (κ2) is 3.57. The first kappa shape index (κ1) is 10.4. The Hall–Kier alpha value is -1.71. The first-order chi connectivity index (χ1) is 6.45. The number of carbonyl (C=O) groups is 1. The number of phenols is 1. The molecular formula is C10H14N2O2. The third kappa shape index (κ3) is 1.64. The number of benzene rings is 1. The molecule has 0 bridgehead atoms. The summed E-state index contributed by atoms with van der Waals surface area (Å²) >= 11 is 0. The number of rotatable bonds is 1. The number of anilines is 1. The molecule has 0 heterocycles. The van der Waals surface area contributed by atoms with Crippen LogP contribution in [0.5, 0.6) is 5.75 Å². The quantitative estimate of drug-likeness (QED) is 0.711. The summed E-state index contributed by atoms with van der Waals surface area (Å²) in [6.07, 6.45) is 0. The number of amides is 2. The number of primary amides is 1. The third-order valence-electron chi connectivity index (χ3n) is 2.30. The summed E-state index contributed by atoms with van der Waals surface area (Å²) in [6, 6.07) is 2.96. The molecule has 76 valence electrons. The molecule has 14 heavy (non-hydrogen) atoms. The number of urea groups is 1. The highest BCUT2D eigenvalue weighted by Crippen LogP contribution is 2.29. The number of hydrogen-bond acceptors (Lipinski definition) is 2. The van der Waals surface area contributed by atoms with Gasteiger partial charge >= 0.3 is 6.03 Å². The maximum atomic E-state index is 10.9. The van der Waals surface area contributed by atoms with Gasteiger partial charge in [0.2, 0.25) is 0 Å². The van der Waals surface area contributed by atoms with E-state index in [1.54, 1.807) is 33.0 Å². The van der Waals surface area contributed by atoms with E-state index in [1.807, 2.05) is 0 Å². The van der Waals surface area contributed by atoms with Gasteiger partial charge in [0, 0.05) is 12.6 Å². The van der Waals surface area contributed by atoms with Crippen molar-refractivity contribution in [1.82, 2.24) is 0 Å². The molecule has 4 nitrogen and oxygen atoms in total. The van der Waals surface area contributed by atoms with Gasteiger partial charge in [-0.1, -0.05) is 6.07 Å². The van der Waals surface area contributed by atoms with E-state index in [-0.39, 0.29) is 5.75 Å². The predicted molar refractivity (Wildman–Crippen MR) is 55.6 cm³/mol. The van der Waals surface area contributed by atoms with Crippen LogP contribution in [-0.2, 0) is 0 Å². The van der Waals surface area contributed by atoms with Crippen LogP contribution in [0.1, 0.15) is 11.1 Å². The Balaban J connectivity index is 3.24. The van der Waals surface area contributed by atoms with Crippen LogP contribution < -0.4 is 10.6 Å². The van der Waals surface area contributed by atoms with Crippen molar-refractivity contribution >= 4 is 11.7 Å². The molecule has 2 amide bonds. The molecule has 4 heteroatoms. The summed E-state index contributed by atoms with van der Waals surface area (Å²) in [5.41, 5.74) is 7.20. The minimum atomic E-state index is -0.545. The molecule has 0 saturated carbocycles. The molecule has 0 fully saturated rings. The van der Waals surface area contributed by atoms with Crippen LogP contribution in [0.2, 0.25) is 0 Å². The number of aryl methyl sites for hydroxylation is 1. The SMILES string of the molecule is Cc1ccc(N(C)C(N)=O)c(C)c1O. The molecule has 1 rings (SSSR count). The largest absolute Gasteiger partial charge is 0.507 e. The fourth-order valence-electron chi connectivity index (χ4n) is 1.31. The zero-order valence-electron chi connectivity index (χ0n) is 8.53. The number of nitrogens with two attached hydrogens (primary N) is 1. The zero-order valence-corrected chi connectivity index (χ0v) is 8.53. The first-order valence-corrected chi connectivity index (χ1v) is 4.27. The topological polar surface area (TPSA) is 66.6 Å².